The lowest BCUT2D eigenvalue weighted by Gasteiger charge is -2.15. The largest absolute Gasteiger partial charge is 0.219 e. The third-order valence-electron chi connectivity index (χ3n) is 4.73. The monoisotopic (exact) mass is 481 g/mol. The predicted molar refractivity (Wildman–Crippen MR) is 119 cm³/mol. The normalized spacial score (nSPS) is 13.2. The van der Waals surface area contributed by atoms with E-state index in [0.717, 1.165) is 6.26 Å². The van der Waals surface area contributed by atoms with E-state index in [0.29, 0.717) is 21.7 Å². The zero-order chi connectivity index (χ0) is 22.8. The molecule has 0 aromatic heterocycles. The molecule has 0 amide bonds. The van der Waals surface area contributed by atoms with Crippen molar-refractivity contribution in [2.24, 2.45) is 0 Å². The first-order valence-electron chi connectivity index (χ1n) is 9.31. The maximum absolute atomic E-state index is 14.1. The Hall–Kier alpha value is -2.26. The molecule has 0 aliphatic heterocycles. The molecule has 0 radical (unpaired) electrons. The quantitative estimate of drug-likeness (QED) is 0.538. The Morgan fingerprint density at radius 2 is 1.58 bits per heavy atom. The SMILES string of the molecule is CC(NS(C)(=O)=O)c1ccc(S(=O)(=O)c2ccc(Cl)cc2Cc2ccccc2F)cc1. The molecule has 9 heteroatoms. The van der Waals surface area contributed by atoms with Crippen LogP contribution in [0.15, 0.2) is 76.5 Å². The molecule has 0 fully saturated rings. The van der Waals surface area contributed by atoms with Gasteiger partial charge >= 0.3 is 0 Å². The molecular formula is C22H21ClFNO4S2. The molecule has 164 valence electrons. The summed E-state index contributed by atoms with van der Waals surface area (Å²) in [5.74, 6) is -0.428. The second kappa shape index (κ2) is 9.08. The second-order valence-electron chi connectivity index (χ2n) is 7.20. The van der Waals surface area contributed by atoms with Crippen LogP contribution in [0.3, 0.4) is 0 Å². The number of rotatable bonds is 7. The average molecular weight is 482 g/mol. The third-order valence-corrected chi connectivity index (χ3v) is 7.62. The summed E-state index contributed by atoms with van der Waals surface area (Å²) in [7, 11) is -7.32. The van der Waals surface area contributed by atoms with Gasteiger partial charge in [0, 0.05) is 17.5 Å². The fourth-order valence-corrected chi connectivity index (χ4v) is 5.69. The second-order valence-corrected chi connectivity index (χ2v) is 11.3. The molecule has 0 aliphatic rings. The van der Waals surface area contributed by atoms with Crippen molar-refractivity contribution in [3.63, 3.8) is 0 Å². The van der Waals surface area contributed by atoms with Crippen LogP contribution in [0.1, 0.15) is 29.7 Å². The van der Waals surface area contributed by atoms with Crippen molar-refractivity contribution in [2.45, 2.75) is 29.2 Å². The average Bonchev–Trinajstić information content (AvgIpc) is 2.68. The van der Waals surface area contributed by atoms with Gasteiger partial charge in [-0.05, 0) is 60.0 Å². The molecule has 1 N–H and O–H groups in total. The first-order valence-corrected chi connectivity index (χ1v) is 13.1. The van der Waals surface area contributed by atoms with Crippen molar-refractivity contribution < 1.29 is 21.2 Å². The molecule has 0 heterocycles. The summed E-state index contributed by atoms with van der Waals surface area (Å²) in [6.45, 7) is 1.66. The van der Waals surface area contributed by atoms with Crippen LogP contribution < -0.4 is 4.72 Å². The van der Waals surface area contributed by atoms with Crippen molar-refractivity contribution in [2.75, 3.05) is 6.26 Å². The smallest absolute Gasteiger partial charge is 0.209 e. The maximum Gasteiger partial charge on any atom is 0.209 e. The molecule has 3 aromatic carbocycles. The van der Waals surface area contributed by atoms with Crippen LogP contribution in [0.4, 0.5) is 4.39 Å². The molecule has 3 rings (SSSR count). The van der Waals surface area contributed by atoms with E-state index in [2.05, 4.69) is 4.72 Å². The number of sulfonamides is 1. The summed E-state index contributed by atoms with van der Waals surface area (Å²) < 4.78 is 66.0. The van der Waals surface area contributed by atoms with E-state index >= 15 is 0 Å². The molecule has 0 bridgehead atoms. The van der Waals surface area contributed by atoms with Gasteiger partial charge < -0.3 is 0 Å². The highest BCUT2D eigenvalue weighted by Crippen LogP contribution is 2.29. The third kappa shape index (κ3) is 5.71. The fourth-order valence-electron chi connectivity index (χ4n) is 3.25. The number of hydrogen-bond acceptors (Lipinski definition) is 4. The fraction of sp³-hybridized carbons (Fsp3) is 0.182. The van der Waals surface area contributed by atoms with Crippen molar-refractivity contribution >= 4 is 31.5 Å². The minimum Gasteiger partial charge on any atom is -0.219 e. The summed E-state index contributed by atoms with van der Waals surface area (Å²) in [6, 6.07) is 16.0. The van der Waals surface area contributed by atoms with Gasteiger partial charge in [0.05, 0.1) is 16.0 Å². The lowest BCUT2D eigenvalue weighted by Crippen LogP contribution is -2.25. The number of nitrogens with one attached hydrogen (secondary N) is 1. The molecule has 0 spiro atoms. The summed E-state index contributed by atoms with van der Waals surface area (Å²) in [5, 5.41) is 0.348. The van der Waals surface area contributed by atoms with Gasteiger partial charge in [-0.3, -0.25) is 0 Å². The summed E-state index contributed by atoms with van der Waals surface area (Å²) in [4.78, 5) is 0.0788. The maximum atomic E-state index is 14.1. The Bertz CT molecular complexity index is 1310. The van der Waals surface area contributed by atoms with Crippen LogP contribution in [0.25, 0.3) is 0 Å². The van der Waals surface area contributed by atoms with Crippen LogP contribution in [-0.4, -0.2) is 23.1 Å². The lowest BCUT2D eigenvalue weighted by atomic mass is 10.0. The highest BCUT2D eigenvalue weighted by Gasteiger charge is 2.23. The first kappa shape index (κ1) is 23.4. The van der Waals surface area contributed by atoms with E-state index in [1.165, 1.54) is 36.4 Å². The number of sulfone groups is 1. The molecule has 0 saturated heterocycles. The van der Waals surface area contributed by atoms with Crippen LogP contribution in [0.2, 0.25) is 5.02 Å². The van der Waals surface area contributed by atoms with Gasteiger partial charge in [-0.2, -0.15) is 0 Å². The van der Waals surface area contributed by atoms with Gasteiger partial charge in [0.15, 0.2) is 0 Å². The van der Waals surface area contributed by atoms with E-state index in [1.54, 1.807) is 37.3 Å². The van der Waals surface area contributed by atoms with Crippen molar-refractivity contribution in [1.82, 2.24) is 4.72 Å². The van der Waals surface area contributed by atoms with Gasteiger partial charge in [-0.15, -0.1) is 0 Å². The van der Waals surface area contributed by atoms with Crippen molar-refractivity contribution in [1.29, 1.82) is 0 Å². The highest BCUT2D eigenvalue weighted by atomic mass is 35.5. The van der Waals surface area contributed by atoms with Gasteiger partial charge in [0.2, 0.25) is 19.9 Å². The number of hydrogen-bond donors (Lipinski definition) is 1. The van der Waals surface area contributed by atoms with Crippen molar-refractivity contribution in [3.8, 4) is 0 Å². The van der Waals surface area contributed by atoms with E-state index in [-0.39, 0.29) is 16.2 Å². The predicted octanol–water partition coefficient (Wildman–Crippen LogP) is 4.51. The van der Waals surface area contributed by atoms with Crippen LogP contribution in [0, 0.1) is 5.82 Å². The molecule has 5 nitrogen and oxygen atoms in total. The van der Waals surface area contributed by atoms with Crippen LogP contribution in [0.5, 0.6) is 0 Å². The van der Waals surface area contributed by atoms with Gasteiger partial charge in [-0.1, -0.05) is 41.9 Å². The standard InChI is InChI=1S/C22H21ClFNO4S2/c1-15(25-30(2,26)27)16-7-10-20(11-8-16)31(28,29)22-12-9-19(23)14-18(22)13-17-5-3-4-6-21(17)24/h3-12,14-15,25H,13H2,1-2H3. The zero-order valence-corrected chi connectivity index (χ0v) is 19.2. The highest BCUT2D eigenvalue weighted by molar-refractivity contribution is 7.91. The number of benzene rings is 3. The Balaban J connectivity index is 1.98. The molecule has 1 unspecified atom stereocenters. The van der Waals surface area contributed by atoms with Gasteiger partial charge in [-0.25, -0.2) is 25.9 Å². The summed E-state index contributed by atoms with van der Waals surface area (Å²) in [5.41, 5.74) is 1.36. The Kier molecular flexibility index (Phi) is 6.85. The Morgan fingerprint density at radius 3 is 2.19 bits per heavy atom. The first-order chi connectivity index (χ1) is 14.5. The Morgan fingerprint density at radius 1 is 0.935 bits per heavy atom. The molecule has 0 saturated carbocycles. The molecule has 0 aliphatic carbocycles. The van der Waals surface area contributed by atoms with E-state index < -0.39 is 31.7 Å². The number of halogens is 2. The topological polar surface area (TPSA) is 80.3 Å². The van der Waals surface area contributed by atoms with E-state index in [4.69, 9.17) is 11.6 Å². The molecule has 1 atom stereocenters. The molecule has 3 aromatic rings. The lowest BCUT2D eigenvalue weighted by molar-refractivity contribution is 0.572. The van der Waals surface area contributed by atoms with Crippen LogP contribution in [-0.2, 0) is 26.3 Å². The molecule has 31 heavy (non-hydrogen) atoms. The minimum absolute atomic E-state index is 0.0372. The van der Waals surface area contributed by atoms with Crippen molar-refractivity contribution in [3.05, 3.63) is 94.3 Å². The van der Waals surface area contributed by atoms with Crippen LogP contribution >= 0.6 is 11.6 Å². The minimum atomic E-state index is -3.92. The van der Waals surface area contributed by atoms with E-state index in [1.807, 2.05) is 0 Å². The zero-order valence-electron chi connectivity index (χ0n) is 16.8. The van der Waals surface area contributed by atoms with Gasteiger partial charge in [0.1, 0.15) is 5.82 Å². The molecular weight excluding hydrogens is 461 g/mol. The summed E-state index contributed by atoms with van der Waals surface area (Å²) >= 11 is 6.08. The summed E-state index contributed by atoms with van der Waals surface area (Å²) in [6.07, 6.45) is 1.12. The Labute approximate surface area is 186 Å². The van der Waals surface area contributed by atoms with E-state index in [9.17, 15) is 21.2 Å². The van der Waals surface area contributed by atoms with Gasteiger partial charge in [0.25, 0.3) is 0 Å².